The van der Waals surface area contributed by atoms with Crippen LogP contribution in [0.2, 0.25) is 5.02 Å². The predicted octanol–water partition coefficient (Wildman–Crippen LogP) is 5.12. The Morgan fingerprint density at radius 3 is 2.69 bits per heavy atom. The molecule has 0 spiro atoms. The maximum absolute atomic E-state index is 12.4. The molecule has 29 heavy (non-hydrogen) atoms. The number of halogens is 1. The molecule has 3 aromatic carbocycles. The van der Waals surface area contributed by atoms with Crippen LogP contribution in [0.3, 0.4) is 0 Å². The topological polar surface area (TPSA) is 59.9 Å². The number of nitrogens with zero attached hydrogens (tertiary/aromatic N) is 1. The zero-order valence-corrected chi connectivity index (χ0v) is 17.4. The van der Waals surface area contributed by atoms with E-state index in [1.165, 1.54) is 0 Å². The molecule has 0 radical (unpaired) electrons. The van der Waals surface area contributed by atoms with Crippen molar-refractivity contribution in [1.82, 2.24) is 5.43 Å². The third-order valence-corrected chi connectivity index (χ3v) is 4.64. The molecular formula is C23H23ClN2O3. The van der Waals surface area contributed by atoms with Crippen LogP contribution in [0, 0.1) is 6.92 Å². The number of carbonyl (C=O) groups is 1. The highest BCUT2D eigenvalue weighted by atomic mass is 35.5. The average Bonchev–Trinajstić information content (AvgIpc) is 2.71. The van der Waals surface area contributed by atoms with Crippen molar-refractivity contribution >= 4 is 34.5 Å². The fourth-order valence-electron chi connectivity index (χ4n) is 2.93. The smallest absolute Gasteiger partial charge is 0.280 e. The number of nitrogens with one attached hydrogen (secondary N) is 1. The third-order valence-electron chi connectivity index (χ3n) is 4.41. The van der Waals surface area contributed by atoms with Crippen molar-refractivity contribution in [2.24, 2.45) is 5.10 Å². The van der Waals surface area contributed by atoms with Crippen LogP contribution in [0.25, 0.3) is 10.8 Å². The van der Waals surface area contributed by atoms with E-state index in [0.717, 1.165) is 21.9 Å². The van der Waals surface area contributed by atoms with Gasteiger partial charge >= 0.3 is 0 Å². The summed E-state index contributed by atoms with van der Waals surface area (Å²) in [4.78, 5) is 12.4. The molecule has 0 bridgehead atoms. The largest absolute Gasteiger partial charge is 0.493 e. The highest BCUT2D eigenvalue weighted by Crippen LogP contribution is 2.27. The van der Waals surface area contributed by atoms with E-state index >= 15 is 0 Å². The number of rotatable bonds is 7. The first kappa shape index (κ1) is 20.7. The van der Waals surface area contributed by atoms with E-state index in [1.807, 2.05) is 50.2 Å². The van der Waals surface area contributed by atoms with Crippen molar-refractivity contribution in [1.29, 1.82) is 0 Å². The standard InChI is InChI=1S/C23H23ClN2O3/c1-4-28-22-11-9-17-7-5-6-8-19(17)20(22)14-25-26-23(27)16(3)29-21-12-10-18(24)13-15(21)2/h5-14,16H,4H2,1-3H3,(H,26,27)/b25-14+/t16-/m1/s1. The van der Waals surface area contributed by atoms with Crippen molar-refractivity contribution in [3.63, 3.8) is 0 Å². The quantitative estimate of drug-likeness (QED) is 0.434. The van der Waals surface area contributed by atoms with Gasteiger partial charge in [0.05, 0.1) is 12.8 Å². The van der Waals surface area contributed by atoms with E-state index < -0.39 is 6.10 Å². The van der Waals surface area contributed by atoms with E-state index in [9.17, 15) is 4.79 Å². The van der Waals surface area contributed by atoms with Gasteiger partial charge in [-0.3, -0.25) is 4.79 Å². The van der Waals surface area contributed by atoms with E-state index in [0.29, 0.717) is 23.1 Å². The van der Waals surface area contributed by atoms with Crippen molar-refractivity contribution < 1.29 is 14.3 Å². The van der Waals surface area contributed by atoms with E-state index in [-0.39, 0.29) is 5.91 Å². The third kappa shape index (κ3) is 5.06. The molecule has 0 heterocycles. The molecule has 0 aliphatic rings. The summed E-state index contributed by atoms with van der Waals surface area (Å²) in [6.07, 6.45) is 0.886. The summed E-state index contributed by atoms with van der Waals surface area (Å²) in [6, 6.07) is 17.1. The first-order chi connectivity index (χ1) is 14.0. The second kappa shape index (κ2) is 9.43. The van der Waals surface area contributed by atoms with E-state index in [2.05, 4.69) is 10.5 Å². The Morgan fingerprint density at radius 1 is 1.17 bits per heavy atom. The summed E-state index contributed by atoms with van der Waals surface area (Å²) in [5.41, 5.74) is 4.21. The molecule has 1 amide bonds. The van der Waals surface area contributed by atoms with E-state index in [4.69, 9.17) is 21.1 Å². The van der Waals surface area contributed by atoms with Crippen LogP contribution in [0.5, 0.6) is 11.5 Å². The lowest BCUT2D eigenvalue weighted by Gasteiger charge is -2.15. The SMILES string of the molecule is CCOc1ccc2ccccc2c1/C=N/NC(=O)[C@@H](C)Oc1ccc(Cl)cc1C. The van der Waals surface area contributed by atoms with Crippen LogP contribution >= 0.6 is 11.6 Å². The van der Waals surface area contributed by atoms with Gasteiger partial charge in [0.2, 0.25) is 0 Å². The number of benzene rings is 3. The van der Waals surface area contributed by atoms with Gasteiger partial charge < -0.3 is 9.47 Å². The van der Waals surface area contributed by atoms with Gasteiger partial charge in [-0.1, -0.05) is 41.9 Å². The number of ether oxygens (including phenoxy) is 2. The molecule has 0 aliphatic heterocycles. The Bertz CT molecular complexity index is 1050. The minimum atomic E-state index is -0.717. The second-order valence-corrected chi connectivity index (χ2v) is 6.97. The molecule has 1 atom stereocenters. The van der Waals surface area contributed by atoms with Crippen LogP contribution in [-0.4, -0.2) is 24.8 Å². The Kier molecular flexibility index (Phi) is 6.73. The normalized spacial score (nSPS) is 12.1. The molecule has 6 heteroatoms. The molecule has 3 rings (SSSR count). The summed E-state index contributed by atoms with van der Waals surface area (Å²) < 4.78 is 11.4. The van der Waals surface area contributed by atoms with Crippen LogP contribution in [0.15, 0.2) is 59.7 Å². The Morgan fingerprint density at radius 2 is 1.93 bits per heavy atom. The fraction of sp³-hybridized carbons (Fsp3) is 0.217. The predicted molar refractivity (Wildman–Crippen MR) is 117 cm³/mol. The van der Waals surface area contributed by atoms with Gasteiger partial charge in [-0.2, -0.15) is 5.10 Å². The zero-order valence-electron chi connectivity index (χ0n) is 16.6. The van der Waals surface area contributed by atoms with Crippen LogP contribution in [-0.2, 0) is 4.79 Å². The highest BCUT2D eigenvalue weighted by Gasteiger charge is 2.15. The number of hydrogen-bond donors (Lipinski definition) is 1. The van der Waals surface area contributed by atoms with Gasteiger partial charge in [-0.05, 0) is 61.4 Å². The maximum atomic E-state index is 12.4. The van der Waals surface area contributed by atoms with Crippen molar-refractivity contribution in [2.45, 2.75) is 26.9 Å². The van der Waals surface area contributed by atoms with Crippen molar-refractivity contribution in [3.8, 4) is 11.5 Å². The molecule has 1 N–H and O–H groups in total. The summed E-state index contributed by atoms with van der Waals surface area (Å²) in [6.45, 7) is 6.01. The molecule has 5 nitrogen and oxygen atoms in total. The number of carbonyl (C=O) groups excluding carboxylic acids is 1. The lowest BCUT2D eigenvalue weighted by atomic mass is 10.0. The lowest BCUT2D eigenvalue weighted by Crippen LogP contribution is -2.33. The molecule has 0 aromatic heterocycles. The van der Waals surface area contributed by atoms with Gasteiger partial charge in [0.1, 0.15) is 11.5 Å². The van der Waals surface area contributed by atoms with Crippen molar-refractivity contribution in [3.05, 3.63) is 70.7 Å². The highest BCUT2D eigenvalue weighted by molar-refractivity contribution is 6.30. The lowest BCUT2D eigenvalue weighted by molar-refractivity contribution is -0.127. The summed E-state index contributed by atoms with van der Waals surface area (Å²) >= 11 is 5.96. The van der Waals surface area contributed by atoms with Crippen LogP contribution in [0.1, 0.15) is 25.0 Å². The van der Waals surface area contributed by atoms with E-state index in [1.54, 1.807) is 31.3 Å². The first-order valence-corrected chi connectivity index (χ1v) is 9.77. The van der Waals surface area contributed by atoms with Gasteiger partial charge in [0.25, 0.3) is 5.91 Å². The monoisotopic (exact) mass is 410 g/mol. The molecule has 0 unspecified atom stereocenters. The van der Waals surface area contributed by atoms with Gasteiger partial charge in [0.15, 0.2) is 6.10 Å². The molecule has 0 saturated carbocycles. The number of hydrogen-bond acceptors (Lipinski definition) is 4. The van der Waals surface area contributed by atoms with Crippen LogP contribution < -0.4 is 14.9 Å². The van der Waals surface area contributed by atoms with Crippen molar-refractivity contribution in [2.75, 3.05) is 6.61 Å². The van der Waals surface area contributed by atoms with Gasteiger partial charge in [0, 0.05) is 10.6 Å². The summed E-state index contributed by atoms with van der Waals surface area (Å²) in [5.74, 6) is 0.966. The fourth-order valence-corrected chi connectivity index (χ4v) is 3.16. The molecule has 150 valence electrons. The maximum Gasteiger partial charge on any atom is 0.280 e. The molecule has 0 fully saturated rings. The summed E-state index contributed by atoms with van der Waals surface area (Å²) in [7, 11) is 0. The molecule has 3 aromatic rings. The Hall–Kier alpha value is -3.05. The average molecular weight is 411 g/mol. The number of hydrazone groups is 1. The van der Waals surface area contributed by atoms with Crippen LogP contribution in [0.4, 0.5) is 0 Å². The van der Waals surface area contributed by atoms with Gasteiger partial charge in [-0.15, -0.1) is 0 Å². The Labute approximate surface area is 175 Å². The van der Waals surface area contributed by atoms with Gasteiger partial charge in [-0.25, -0.2) is 5.43 Å². The molecule has 0 aliphatic carbocycles. The number of aryl methyl sites for hydroxylation is 1. The summed E-state index contributed by atoms with van der Waals surface area (Å²) in [5, 5.41) is 6.82. The molecular weight excluding hydrogens is 388 g/mol. The second-order valence-electron chi connectivity index (χ2n) is 6.54. The number of fused-ring (bicyclic) bond motifs is 1. The Balaban J connectivity index is 1.73. The number of amides is 1. The first-order valence-electron chi connectivity index (χ1n) is 9.40. The molecule has 0 saturated heterocycles. The zero-order chi connectivity index (χ0) is 20.8. The minimum absolute atomic E-state index is 0.353. The minimum Gasteiger partial charge on any atom is -0.493 e.